The Morgan fingerprint density at radius 1 is 1.15 bits per heavy atom. The Bertz CT molecular complexity index is 295. The summed E-state index contributed by atoms with van der Waals surface area (Å²) in [7, 11) is 0. The third kappa shape index (κ3) is 3.75. The fourth-order valence-electron chi connectivity index (χ4n) is 3.73. The Labute approximate surface area is 124 Å². The van der Waals surface area contributed by atoms with Crippen LogP contribution in [0, 0.1) is 17.8 Å². The highest BCUT2D eigenvalue weighted by Gasteiger charge is 2.43. The molecule has 0 spiro atoms. The molecule has 0 radical (unpaired) electrons. The zero-order chi connectivity index (χ0) is 14.7. The van der Waals surface area contributed by atoms with E-state index in [-0.39, 0.29) is 18.2 Å². The van der Waals surface area contributed by atoms with Crippen LogP contribution in [0.3, 0.4) is 0 Å². The van der Waals surface area contributed by atoms with E-state index in [0.717, 1.165) is 25.4 Å². The van der Waals surface area contributed by atoms with Gasteiger partial charge >= 0.3 is 0 Å². The third-order valence-electron chi connectivity index (χ3n) is 5.12. The lowest BCUT2D eigenvalue weighted by atomic mass is 9.75. The Morgan fingerprint density at radius 2 is 1.90 bits per heavy atom. The summed E-state index contributed by atoms with van der Waals surface area (Å²) in [5, 5.41) is 0. The standard InChI is InChI=1S/C17H33NO2/c1-5-8-19-17-14(18)10-16(17)20-15-9-12(4)6-7-13(15)11(2)3/h11-17H,5-10,18H2,1-4H3. The van der Waals surface area contributed by atoms with E-state index < -0.39 is 0 Å². The summed E-state index contributed by atoms with van der Waals surface area (Å²) in [6.07, 6.45) is 6.63. The van der Waals surface area contributed by atoms with Crippen molar-refractivity contribution in [2.75, 3.05) is 6.61 Å². The molecule has 0 heterocycles. The van der Waals surface area contributed by atoms with Crippen LogP contribution in [0.25, 0.3) is 0 Å². The Balaban J connectivity index is 1.89. The van der Waals surface area contributed by atoms with Gasteiger partial charge in [0.1, 0.15) is 0 Å². The summed E-state index contributed by atoms with van der Waals surface area (Å²) in [6.45, 7) is 9.94. The van der Waals surface area contributed by atoms with Crippen molar-refractivity contribution in [3.63, 3.8) is 0 Å². The van der Waals surface area contributed by atoms with Crippen molar-refractivity contribution in [2.45, 2.75) is 84.2 Å². The second kappa shape index (κ2) is 7.24. The van der Waals surface area contributed by atoms with Gasteiger partial charge in [0, 0.05) is 12.6 Å². The summed E-state index contributed by atoms with van der Waals surface area (Å²) < 4.78 is 12.3. The maximum absolute atomic E-state index is 6.45. The van der Waals surface area contributed by atoms with Crippen LogP contribution in [0.5, 0.6) is 0 Å². The molecule has 0 aromatic rings. The highest BCUT2D eigenvalue weighted by atomic mass is 16.6. The van der Waals surface area contributed by atoms with Gasteiger partial charge < -0.3 is 15.2 Å². The number of ether oxygens (including phenoxy) is 2. The van der Waals surface area contributed by atoms with Crippen LogP contribution >= 0.6 is 0 Å². The molecule has 3 heteroatoms. The van der Waals surface area contributed by atoms with Gasteiger partial charge in [-0.15, -0.1) is 0 Å². The molecule has 118 valence electrons. The van der Waals surface area contributed by atoms with E-state index in [9.17, 15) is 0 Å². The van der Waals surface area contributed by atoms with E-state index in [1.54, 1.807) is 0 Å². The average molecular weight is 283 g/mol. The summed E-state index contributed by atoms with van der Waals surface area (Å²) in [4.78, 5) is 0. The van der Waals surface area contributed by atoms with Crippen LogP contribution in [0.1, 0.15) is 59.8 Å². The van der Waals surface area contributed by atoms with E-state index in [1.165, 1.54) is 19.3 Å². The minimum atomic E-state index is 0.125. The molecule has 2 fully saturated rings. The molecule has 2 rings (SSSR count). The Morgan fingerprint density at radius 3 is 2.50 bits per heavy atom. The molecule has 0 bridgehead atoms. The fraction of sp³-hybridized carbons (Fsp3) is 1.00. The van der Waals surface area contributed by atoms with E-state index in [1.807, 2.05) is 0 Å². The zero-order valence-corrected chi connectivity index (χ0v) is 13.7. The first-order chi connectivity index (χ1) is 9.52. The van der Waals surface area contributed by atoms with Gasteiger partial charge in [-0.25, -0.2) is 0 Å². The molecule has 6 unspecified atom stereocenters. The van der Waals surface area contributed by atoms with Gasteiger partial charge in [-0.2, -0.15) is 0 Å². The Hall–Kier alpha value is -0.120. The van der Waals surface area contributed by atoms with Crippen molar-refractivity contribution in [1.29, 1.82) is 0 Å². The molecule has 6 atom stereocenters. The van der Waals surface area contributed by atoms with Crippen molar-refractivity contribution >= 4 is 0 Å². The van der Waals surface area contributed by atoms with E-state index in [2.05, 4.69) is 27.7 Å². The van der Waals surface area contributed by atoms with Crippen LogP contribution in [0.4, 0.5) is 0 Å². The van der Waals surface area contributed by atoms with Gasteiger partial charge in [0.25, 0.3) is 0 Å². The second-order valence-electron chi connectivity index (χ2n) is 7.27. The van der Waals surface area contributed by atoms with Gasteiger partial charge in [0.2, 0.25) is 0 Å². The quantitative estimate of drug-likeness (QED) is 0.813. The largest absolute Gasteiger partial charge is 0.374 e. The highest BCUT2D eigenvalue weighted by Crippen LogP contribution is 2.38. The SMILES string of the molecule is CCCOC1C(N)CC1OC1CC(C)CCC1C(C)C. The van der Waals surface area contributed by atoms with Crippen molar-refractivity contribution in [3.8, 4) is 0 Å². The maximum Gasteiger partial charge on any atom is 0.0988 e. The Kier molecular flexibility index (Phi) is 5.88. The van der Waals surface area contributed by atoms with Crippen LogP contribution in [-0.4, -0.2) is 31.0 Å². The van der Waals surface area contributed by atoms with E-state index in [4.69, 9.17) is 15.2 Å². The predicted octanol–water partition coefficient (Wildman–Crippen LogP) is 3.36. The molecule has 0 aromatic carbocycles. The van der Waals surface area contributed by atoms with Crippen LogP contribution in [0.2, 0.25) is 0 Å². The second-order valence-corrected chi connectivity index (χ2v) is 7.27. The third-order valence-corrected chi connectivity index (χ3v) is 5.12. The van der Waals surface area contributed by atoms with Crippen molar-refractivity contribution < 1.29 is 9.47 Å². The smallest absolute Gasteiger partial charge is 0.0988 e. The molecule has 0 saturated heterocycles. The molecule has 2 N–H and O–H groups in total. The lowest BCUT2D eigenvalue weighted by molar-refractivity contribution is -0.183. The van der Waals surface area contributed by atoms with Gasteiger partial charge in [-0.1, -0.05) is 34.1 Å². The van der Waals surface area contributed by atoms with Gasteiger partial charge in [-0.05, 0) is 43.4 Å². The van der Waals surface area contributed by atoms with Gasteiger partial charge in [0.15, 0.2) is 0 Å². The molecule has 2 aliphatic carbocycles. The molecule has 2 saturated carbocycles. The van der Waals surface area contributed by atoms with Gasteiger partial charge in [0.05, 0.1) is 18.3 Å². The fourth-order valence-corrected chi connectivity index (χ4v) is 3.73. The minimum Gasteiger partial charge on any atom is -0.374 e. The first kappa shape index (κ1) is 16.3. The molecular weight excluding hydrogens is 250 g/mol. The average Bonchev–Trinajstić information content (AvgIpc) is 2.38. The first-order valence-corrected chi connectivity index (χ1v) is 8.55. The van der Waals surface area contributed by atoms with Crippen LogP contribution in [0.15, 0.2) is 0 Å². The highest BCUT2D eigenvalue weighted by molar-refractivity contribution is 4.96. The number of rotatable bonds is 6. The van der Waals surface area contributed by atoms with Crippen LogP contribution in [-0.2, 0) is 9.47 Å². The predicted molar refractivity (Wildman–Crippen MR) is 82.6 cm³/mol. The molecule has 2 aliphatic rings. The van der Waals surface area contributed by atoms with E-state index >= 15 is 0 Å². The molecule has 20 heavy (non-hydrogen) atoms. The first-order valence-electron chi connectivity index (χ1n) is 8.55. The lowest BCUT2D eigenvalue weighted by Crippen LogP contribution is -2.59. The summed E-state index contributed by atoms with van der Waals surface area (Å²) in [5.74, 6) is 2.20. The van der Waals surface area contributed by atoms with E-state index in [0.29, 0.717) is 17.9 Å². The number of nitrogens with two attached hydrogens (primary N) is 1. The normalized spacial score (nSPS) is 41.7. The number of hydrogen-bond donors (Lipinski definition) is 1. The summed E-state index contributed by atoms with van der Waals surface area (Å²) in [5.41, 5.74) is 6.08. The summed E-state index contributed by atoms with van der Waals surface area (Å²) in [6, 6.07) is 0.171. The molecule has 3 nitrogen and oxygen atoms in total. The molecule has 0 amide bonds. The van der Waals surface area contributed by atoms with Crippen molar-refractivity contribution in [2.24, 2.45) is 23.5 Å². The minimum absolute atomic E-state index is 0.125. The maximum atomic E-state index is 6.45. The molecule has 0 aliphatic heterocycles. The lowest BCUT2D eigenvalue weighted by Gasteiger charge is -2.46. The van der Waals surface area contributed by atoms with Crippen molar-refractivity contribution in [3.05, 3.63) is 0 Å². The van der Waals surface area contributed by atoms with Crippen LogP contribution < -0.4 is 5.73 Å². The monoisotopic (exact) mass is 283 g/mol. The topological polar surface area (TPSA) is 44.5 Å². The number of hydrogen-bond acceptors (Lipinski definition) is 3. The molecule has 0 aromatic heterocycles. The van der Waals surface area contributed by atoms with Crippen molar-refractivity contribution in [1.82, 2.24) is 0 Å². The van der Waals surface area contributed by atoms with Gasteiger partial charge in [-0.3, -0.25) is 0 Å². The zero-order valence-electron chi connectivity index (χ0n) is 13.7. The summed E-state index contributed by atoms with van der Waals surface area (Å²) >= 11 is 0. The molecular formula is C17H33NO2.